The molecule has 0 aliphatic rings. The van der Waals surface area contributed by atoms with Gasteiger partial charge in [0.25, 0.3) is 0 Å². The molecule has 0 amide bonds. The Hall–Kier alpha value is -1.52. The third-order valence-corrected chi connectivity index (χ3v) is 2.79. The van der Waals surface area contributed by atoms with Crippen molar-refractivity contribution in [2.24, 2.45) is 0 Å². The number of aromatic hydroxyl groups is 1. The molecule has 1 aromatic carbocycles. The van der Waals surface area contributed by atoms with Gasteiger partial charge in [-0.3, -0.25) is 0 Å². The fraction of sp³-hybridized carbons (Fsp3) is 0.0833. The molecule has 3 nitrogen and oxygen atoms in total. The molecule has 2 N–H and O–H groups in total. The number of hydrogen-bond donors (Lipinski definition) is 2. The highest BCUT2D eigenvalue weighted by molar-refractivity contribution is 6.35. The Bertz CT molecular complexity index is 578. The first-order chi connectivity index (χ1) is 8.56. The van der Waals surface area contributed by atoms with Crippen LogP contribution < -0.4 is 5.32 Å². The quantitative estimate of drug-likeness (QED) is 0.843. The van der Waals surface area contributed by atoms with Crippen LogP contribution in [-0.4, -0.2) is 10.1 Å². The minimum Gasteiger partial charge on any atom is -0.506 e. The van der Waals surface area contributed by atoms with Crippen LogP contribution in [-0.2, 0) is 6.54 Å². The lowest BCUT2D eigenvalue weighted by Crippen LogP contribution is -2.02. The molecule has 0 atom stereocenters. The monoisotopic (exact) mass is 286 g/mol. The first-order valence-corrected chi connectivity index (χ1v) is 5.85. The van der Waals surface area contributed by atoms with E-state index < -0.39 is 5.95 Å². The number of nitrogens with one attached hydrogen (secondary N) is 1. The third-order valence-electron chi connectivity index (χ3n) is 2.28. The van der Waals surface area contributed by atoms with Gasteiger partial charge in [0.05, 0.1) is 5.02 Å². The SMILES string of the molecule is Oc1c(Cl)cc(Cl)cc1CNc1cccc(F)n1. The summed E-state index contributed by atoms with van der Waals surface area (Å²) in [5.41, 5.74) is 0.513. The zero-order chi connectivity index (χ0) is 13.1. The summed E-state index contributed by atoms with van der Waals surface area (Å²) < 4.78 is 12.9. The van der Waals surface area contributed by atoms with E-state index in [9.17, 15) is 9.50 Å². The van der Waals surface area contributed by atoms with E-state index in [0.717, 1.165) is 0 Å². The van der Waals surface area contributed by atoms with E-state index in [1.807, 2.05) is 0 Å². The lowest BCUT2D eigenvalue weighted by Gasteiger charge is -2.09. The first-order valence-electron chi connectivity index (χ1n) is 5.09. The van der Waals surface area contributed by atoms with Gasteiger partial charge in [0.2, 0.25) is 5.95 Å². The maximum atomic E-state index is 12.9. The second kappa shape index (κ2) is 5.42. The van der Waals surface area contributed by atoms with E-state index in [4.69, 9.17) is 23.2 Å². The second-order valence-electron chi connectivity index (χ2n) is 3.59. The van der Waals surface area contributed by atoms with Crippen molar-refractivity contribution in [2.45, 2.75) is 6.54 Å². The second-order valence-corrected chi connectivity index (χ2v) is 4.44. The molecule has 1 aromatic heterocycles. The lowest BCUT2D eigenvalue weighted by atomic mass is 10.2. The number of nitrogens with zero attached hydrogens (tertiary/aromatic N) is 1. The van der Waals surface area contributed by atoms with Crippen LogP contribution in [0.1, 0.15) is 5.56 Å². The smallest absolute Gasteiger partial charge is 0.214 e. The molecule has 0 aliphatic heterocycles. The molecule has 2 rings (SSSR count). The summed E-state index contributed by atoms with van der Waals surface area (Å²) in [6.07, 6.45) is 0. The molecule has 0 radical (unpaired) electrons. The topological polar surface area (TPSA) is 45.1 Å². The van der Waals surface area contributed by atoms with Gasteiger partial charge in [0.1, 0.15) is 11.6 Å². The zero-order valence-electron chi connectivity index (χ0n) is 9.12. The predicted molar refractivity (Wildman–Crippen MR) is 69.6 cm³/mol. The average Bonchev–Trinajstić information content (AvgIpc) is 2.32. The zero-order valence-corrected chi connectivity index (χ0v) is 10.6. The summed E-state index contributed by atoms with van der Waals surface area (Å²) in [6, 6.07) is 7.43. The van der Waals surface area contributed by atoms with Gasteiger partial charge in [0.15, 0.2) is 0 Å². The summed E-state index contributed by atoms with van der Waals surface area (Å²) in [5.74, 6) is -0.260. The molecule has 0 aliphatic carbocycles. The van der Waals surface area contributed by atoms with Crippen molar-refractivity contribution in [1.82, 2.24) is 4.98 Å². The molecule has 94 valence electrons. The Morgan fingerprint density at radius 1 is 1.28 bits per heavy atom. The summed E-state index contributed by atoms with van der Waals surface area (Å²) in [5, 5.41) is 13.2. The van der Waals surface area contributed by atoms with Crippen molar-refractivity contribution < 1.29 is 9.50 Å². The van der Waals surface area contributed by atoms with Gasteiger partial charge in [-0.05, 0) is 24.3 Å². The maximum absolute atomic E-state index is 12.9. The minimum absolute atomic E-state index is 0.0510. The fourth-order valence-electron chi connectivity index (χ4n) is 1.45. The number of rotatable bonds is 3. The summed E-state index contributed by atoms with van der Waals surface area (Å²) >= 11 is 11.6. The standard InChI is InChI=1S/C12H9Cl2FN2O/c13-8-4-7(12(18)9(14)5-8)6-16-11-3-1-2-10(15)17-11/h1-5,18H,6H2,(H,16,17). The Kier molecular flexibility index (Phi) is 3.89. The van der Waals surface area contributed by atoms with Gasteiger partial charge in [-0.15, -0.1) is 0 Å². The van der Waals surface area contributed by atoms with Crippen LogP contribution in [0, 0.1) is 5.95 Å². The number of phenols is 1. The van der Waals surface area contributed by atoms with Crippen LogP contribution in [0.3, 0.4) is 0 Å². The molecule has 0 saturated heterocycles. The van der Waals surface area contributed by atoms with Gasteiger partial charge >= 0.3 is 0 Å². The van der Waals surface area contributed by atoms with E-state index in [-0.39, 0.29) is 17.3 Å². The van der Waals surface area contributed by atoms with Crippen molar-refractivity contribution in [2.75, 3.05) is 5.32 Å². The molecular weight excluding hydrogens is 278 g/mol. The average molecular weight is 287 g/mol. The molecule has 0 unspecified atom stereocenters. The number of pyridine rings is 1. The van der Waals surface area contributed by atoms with Crippen molar-refractivity contribution in [3.8, 4) is 5.75 Å². The van der Waals surface area contributed by atoms with Crippen LogP contribution in [0.4, 0.5) is 10.2 Å². The van der Waals surface area contributed by atoms with E-state index in [2.05, 4.69) is 10.3 Å². The molecule has 1 heterocycles. The lowest BCUT2D eigenvalue weighted by molar-refractivity contribution is 0.469. The molecular formula is C12H9Cl2FN2O. The summed E-state index contributed by atoms with van der Waals surface area (Å²) in [4.78, 5) is 3.64. The van der Waals surface area contributed by atoms with Gasteiger partial charge in [-0.2, -0.15) is 4.39 Å². The van der Waals surface area contributed by atoms with E-state index >= 15 is 0 Å². The Morgan fingerprint density at radius 3 is 2.78 bits per heavy atom. The largest absolute Gasteiger partial charge is 0.506 e. The van der Waals surface area contributed by atoms with Crippen LogP contribution in [0.5, 0.6) is 5.75 Å². The number of aromatic nitrogens is 1. The van der Waals surface area contributed by atoms with E-state index in [0.29, 0.717) is 16.4 Å². The van der Waals surface area contributed by atoms with Gasteiger partial charge in [-0.25, -0.2) is 4.98 Å². The molecule has 0 spiro atoms. The normalized spacial score (nSPS) is 10.4. The minimum atomic E-state index is -0.576. The molecule has 0 bridgehead atoms. The predicted octanol–water partition coefficient (Wildman–Crippen LogP) is 3.85. The Labute approximate surface area is 113 Å². The highest BCUT2D eigenvalue weighted by atomic mass is 35.5. The summed E-state index contributed by atoms with van der Waals surface area (Å²) in [6.45, 7) is 0.239. The van der Waals surface area contributed by atoms with Crippen molar-refractivity contribution in [3.05, 3.63) is 51.9 Å². The van der Waals surface area contributed by atoms with Crippen LogP contribution >= 0.6 is 23.2 Å². The maximum Gasteiger partial charge on any atom is 0.214 e. The highest BCUT2D eigenvalue weighted by Gasteiger charge is 2.08. The Balaban J connectivity index is 2.15. The van der Waals surface area contributed by atoms with Crippen molar-refractivity contribution in [3.63, 3.8) is 0 Å². The van der Waals surface area contributed by atoms with Gasteiger partial charge in [-0.1, -0.05) is 29.3 Å². The number of phenolic OH excluding ortho intramolecular Hbond substituents is 1. The van der Waals surface area contributed by atoms with Gasteiger partial charge < -0.3 is 10.4 Å². The van der Waals surface area contributed by atoms with Crippen molar-refractivity contribution in [1.29, 1.82) is 0 Å². The van der Waals surface area contributed by atoms with Crippen molar-refractivity contribution >= 4 is 29.0 Å². The van der Waals surface area contributed by atoms with Crippen LogP contribution in [0.15, 0.2) is 30.3 Å². The van der Waals surface area contributed by atoms with E-state index in [1.54, 1.807) is 12.1 Å². The van der Waals surface area contributed by atoms with Gasteiger partial charge in [0, 0.05) is 17.1 Å². The fourth-order valence-corrected chi connectivity index (χ4v) is 1.98. The molecule has 2 aromatic rings. The van der Waals surface area contributed by atoms with E-state index in [1.165, 1.54) is 18.2 Å². The van der Waals surface area contributed by atoms with Crippen LogP contribution in [0.2, 0.25) is 10.0 Å². The summed E-state index contributed by atoms with van der Waals surface area (Å²) in [7, 11) is 0. The Morgan fingerprint density at radius 2 is 2.06 bits per heavy atom. The molecule has 6 heteroatoms. The molecule has 18 heavy (non-hydrogen) atoms. The molecule has 0 saturated carbocycles. The molecule has 0 fully saturated rings. The first kappa shape index (κ1) is 12.9. The highest BCUT2D eigenvalue weighted by Crippen LogP contribution is 2.31. The number of halogens is 3. The number of hydrogen-bond acceptors (Lipinski definition) is 3. The number of benzene rings is 1. The third kappa shape index (κ3) is 3.03. The van der Waals surface area contributed by atoms with Crippen LogP contribution in [0.25, 0.3) is 0 Å². The number of anilines is 1.